The molecule has 0 saturated carbocycles. The third-order valence-electron chi connectivity index (χ3n) is 4.57. The van der Waals surface area contributed by atoms with Crippen molar-refractivity contribution in [2.45, 2.75) is 32.2 Å². The summed E-state index contributed by atoms with van der Waals surface area (Å²) in [5.41, 5.74) is 5.02. The molecule has 1 aliphatic rings. The zero-order chi connectivity index (χ0) is 16.7. The monoisotopic (exact) mass is 325 g/mol. The minimum atomic E-state index is -0.229. The maximum atomic E-state index is 12.6. The highest BCUT2D eigenvalue weighted by Gasteiger charge is 2.23. The summed E-state index contributed by atoms with van der Waals surface area (Å²) in [5, 5.41) is 7.44. The molecule has 0 saturated heterocycles. The molecule has 0 unspecified atom stereocenters. The van der Waals surface area contributed by atoms with Crippen LogP contribution >= 0.6 is 0 Å². The first-order valence-electron chi connectivity index (χ1n) is 8.15. The van der Waals surface area contributed by atoms with Crippen LogP contribution in [-0.4, -0.2) is 25.7 Å². The van der Waals surface area contributed by atoms with Gasteiger partial charge in [0, 0.05) is 19.2 Å². The molecule has 24 heavy (non-hydrogen) atoms. The lowest BCUT2D eigenvalue weighted by Gasteiger charge is -2.11. The Hall–Kier alpha value is -2.83. The van der Waals surface area contributed by atoms with Crippen LogP contribution in [0.2, 0.25) is 0 Å². The number of aryl methyl sites for hydroxylation is 2. The minimum Gasteiger partial charge on any atom is -0.347 e. The SMILES string of the molecule is Cn1nc2c(c1C(=O)NCc1ccc3[nH]c(=O)[nH]c3c1)CCCC2. The number of amides is 1. The molecule has 2 heterocycles. The molecule has 0 bridgehead atoms. The van der Waals surface area contributed by atoms with Gasteiger partial charge in [-0.2, -0.15) is 5.10 Å². The van der Waals surface area contributed by atoms with Gasteiger partial charge in [0.15, 0.2) is 0 Å². The predicted molar refractivity (Wildman–Crippen MR) is 89.9 cm³/mol. The van der Waals surface area contributed by atoms with Gasteiger partial charge in [0.2, 0.25) is 0 Å². The lowest BCUT2D eigenvalue weighted by molar-refractivity contribution is 0.0940. The van der Waals surface area contributed by atoms with E-state index in [9.17, 15) is 9.59 Å². The van der Waals surface area contributed by atoms with E-state index < -0.39 is 0 Å². The van der Waals surface area contributed by atoms with Gasteiger partial charge in [-0.15, -0.1) is 0 Å². The number of benzene rings is 1. The van der Waals surface area contributed by atoms with E-state index in [1.165, 1.54) is 0 Å². The summed E-state index contributed by atoms with van der Waals surface area (Å²) >= 11 is 0. The average Bonchev–Trinajstić information content (AvgIpc) is 3.09. The Labute approximate surface area is 138 Å². The first kappa shape index (κ1) is 14.7. The normalized spacial score (nSPS) is 13.9. The fourth-order valence-electron chi connectivity index (χ4n) is 3.42. The van der Waals surface area contributed by atoms with Gasteiger partial charge in [0.25, 0.3) is 5.91 Å². The third-order valence-corrected chi connectivity index (χ3v) is 4.57. The van der Waals surface area contributed by atoms with Crippen molar-refractivity contribution >= 4 is 16.9 Å². The van der Waals surface area contributed by atoms with Crippen LogP contribution in [0.25, 0.3) is 11.0 Å². The molecule has 0 spiro atoms. The topological polar surface area (TPSA) is 95.6 Å². The number of carbonyl (C=O) groups is 1. The number of hydrogen-bond acceptors (Lipinski definition) is 3. The maximum absolute atomic E-state index is 12.6. The van der Waals surface area contributed by atoms with Gasteiger partial charge in [0.1, 0.15) is 5.69 Å². The number of nitrogens with one attached hydrogen (secondary N) is 3. The molecule has 2 aromatic heterocycles. The van der Waals surface area contributed by atoms with Crippen LogP contribution < -0.4 is 11.0 Å². The Balaban J connectivity index is 1.53. The zero-order valence-corrected chi connectivity index (χ0v) is 13.5. The van der Waals surface area contributed by atoms with E-state index >= 15 is 0 Å². The lowest BCUT2D eigenvalue weighted by Crippen LogP contribution is -2.26. The van der Waals surface area contributed by atoms with Crippen LogP contribution in [0.5, 0.6) is 0 Å². The molecule has 3 aromatic rings. The number of fused-ring (bicyclic) bond motifs is 2. The number of carbonyl (C=O) groups excluding carboxylic acids is 1. The Morgan fingerprint density at radius 2 is 2.04 bits per heavy atom. The molecule has 0 aliphatic heterocycles. The number of nitrogens with zero attached hydrogens (tertiary/aromatic N) is 2. The average molecular weight is 325 g/mol. The molecule has 1 aliphatic carbocycles. The van der Waals surface area contributed by atoms with Crippen molar-refractivity contribution in [2.24, 2.45) is 7.05 Å². The van der Waals surface area contributed by atoms with E-state index in [0.29, 0.717) is 12.2 Å². The summed E-state index contributed by atoms with van der Waals surface area (Å²) in [6.07, 6.45) is 4.12. The van der Waals surface area contributed by atoms with E-state index in [0.717, 1.165) is 53.5 Å². The number of imidazole rings is 1. The second kappa shape index (κ2) is 5.67. The summed E-state index contributed by atoms with van der Waals surface area (Å²) in [6.45, 7) is 0.405. The highest BCUT2D eigenvalue weighted by molar-refractivity contribution is 5.94. The molecule has 0 fully saturated rings. The third kappa shape index (κ3) is 2.51. The van der Waals surface area contributed by atoms with Gasteiger partial charge in [0.05, 0.1) is 16.7 Å². The molecule has 0 radical (unpaired) electrons. The van der Waals surface area contributed by atoms with Crippen LogP contribution in [-0.2, 0) is 26.4 Å². The molecule has 1 amide bonds. The highest BCUT2D eigenvalue weighted by atomic mass is 16.2. The van der Waals surface area contributed by atoms with E-state index in [1.54, 1.807) is 4.68 Å². The van der Waals surface area contributed by atoms with Crippen molar-refractivity contribution in [2.75, 3.05) is 0 Å². The molecule has 7 nitrogen and oxygen atoms in total. The molecular weight excluding hydrogens is 306 g/mol. The van der Waals surface area contributed by atoms with Gasteiger partial charge >= 0.3 is 5.69 Å². The lowest BCUT2D eigenvalue weighted by atomic mass is 9.95. The Kier molecular flexibility index (Phi) is 3.48. The van der Waals surface area contributed by atoms with Gasteiger partial charge in [-0.25, -0.2) is 4.79 Å². The number of aromatic amines is 2. The first-order chi connectivity index (χ1) is 11.6. The second-order valence-corrected chi connectivity index (χ2v) is 6.25. The maximum Gasteiger partial charge on any atom is 0.323 e. The summed E-state index contributed by atoms with van der Waals surface area (Å²) in [4.78, 5) is 29.3. The largest absolute Gasteiger partial charge is 0.347 e. The number of hydrogen-bond donors (Lipinski definition) is 3. The fraction of sp³-hybridized carbons (Fsp3) is 0.353. The van der Waals surface area contributed by atoms with E-state index in [4.69, 9.17) is 0 Å². The van der Waals surface area contributed by atoms with Crippen molar-refractivity contribution in [3.8, 4) is 0 Å². The molecule has 0 atom stereocenters. The van der Waals surface area contributed by atoms with Crippen molar-refractivity contribution in [1.29, 1.82) is 0 Å². The molecule has 1 aromatic carbocycles. The highest BCUT2D eigenvalue weighted by Crippen LogP contribution is 2.23. The van der Waals surface area contributed by atoms with Crippen LogP contribution in [0.1, 0.15) is 40.2 Å². The summed E-state index contributed by atoms with van der Waals surface area (Å²) < 4.78 is 1.69. The number of aromatic nitrogens is 4. The molecular formula is C17H19N5O2. The van der Waals surface area contributed by atoms with E-state index in [1.807, 2.05) is 25.2 Å². The van der Waals surface area contributed by atoms with Crippen molar-refractivity contribution in [3.63, 3.8) is 0 Å². The smallest absolute Gasteiger partial charge is 0.323 e. The van der Waals surface area contributed by atoms with Crippen LogP contribution in [0.4, 0.5) is 0 Å². The van der Waals surface area contributed by atoms with E-state index in [-0.39, 0.29) is 11.6 Å². The van der Waals surface area contributed by atoms with Crippen molar-refractivity contribution < 1.29 is 4.79 Å². The molecule has 124 valence electrons. The first-order valence-corrected chi connectivity index (χ1v) is 8.15. The van der Waals surface area contributed by atoms with Crippen LogP contribution in [0, 0.1) is 0 Å². The molecule has 4 rings (SSSR count). The summed E-state index contributed by atoms with van der Waals surface area (Å²) in [5.74, 6) is -0.101. The number of H-pyrrole nitrogens is 2. The van der Waals surface area contributed by atoms with Crippen LogP contribution in [0.3, 0.4) is 0 Å². The molecule has 3 N–H and O–H groups in total. The summed E-state index contributed by atoms with van der Waals surface area (Å²) in [7, 11) is 1.82. The standard InChI is InChI=1S/C17H19N5O2/c1-22-15(11-4-2-3-5-12(11)21-22)16(23)18-9-10-6-7-13-14(8-10)20-17(24)19-13/h6-8H,2-5,9H2,1H3,(H,18,23)(H2,19,20,24). The van der Waals surface area contributed by atoms with Crippen molar-refractivity contribution in [1.82, 2.24) is 25.1 Å². The fourth-order valence-corrected chi connectivity index (χ4v) is 3.42. The number of rotatable bonds is 3. The Morgan fingerprint density at radius 3 is 2.92 bits per heavy atom. The Morgan fingerprint density at radius 1 is 1.25 bits per heavy atom. The predicted octanol–water partition coefficient (Wildman–Crippen LogP) is 1.40. The van der Waals surface area contributed by atoms with Gasteiger partial charge in [-0.05, 0) is 43.4 Å². The van der Waals surface area contributed by atoms with Gasteiger partial charge in [-0.3, -0.25) is 9.48 Å². The Bertz CT molecular complexity index is 979. The van der Waals surface area contributed by atoms with E-state index in [2.05, 4.69) is 20.4 Å². The van der Waals surface area contributed by atoms with Crippen LogP contribution in [0.15, 0.2) is 23.0 Å². The van der Waals surface area contributed by atoms with Gasteiger partial charge < -0.3 is 15.3 Å². The zero-order valence-electron chi connectivity index (χ0n) is 13.5. The summed E-state index contributed by atoms with van der Waals surface area (Å²) in [6, 6.07) is 5.60. The minimum absolute atomic E-state index is 0.101. The second-order valence-electron chi connectivity index (χ2n) is 6.25. The molecule has 7 heteroatoms. The van der Waals surface area contributed by atoms with Crippen molar-refractivity contribution in [3.05, 3.63) is 51.2 Å². The van der Waals surface area contributed by atoms with Gasteiger partial charge in [-0.1, -0.05) is 6.07 Å². The quantitative estimate of drug-likeness (QED) is 0.679.